The molecule has 8 aromatic carbocycles. The largest absolute Gasteiger partial charge is 0.309 e. The lowest BCUT2D eigenvalue weighted by Gasteiger charge is -2.21. The van der Waals surface area contributed by atoms with Crippen LogP contribution in [0.4, 0.5) is 0 Å². The van der Waals surface area contributed by atoms with Crippen molar-refractivity contribution in [2.24, 2.45) is 0 Å². The van der Waals surface area contributed by atoms with Gasteiger partial charge in [0.15, 0.2) is 5.82 Å². The zero-order valence-electron chi connectivity index (χ0n) is 31.2. The van der Waals surface area contributed by atoms with Gasteiger partial charge in [-0.25, -0.2) is 9.97 Å². The van der Waals surface area contributed by atoms with Crippen molar-refractivity contribution in [2.75, 3.05) is 0 Å². The summed E-state index contributed by atoms with van der Waals surface area (Å²) >= 11 is 0. The average Bonchev–Trinajstić information content (AvgIpc) is 3.71. The van der Waals surface area contributed by atoms with Gasteiger partial charge < -0.3 is 4.57 Å². The molecule has 2 heterocycles. The van der Waals surface area contributed by atoms with Crippen LogP contribution in [-0.2, 0) is 5.41 Å². The summed E-state index contributed by atoms with van der Waals surface area (Å²) in [5.41, 5.74) is 16.1. The van der Waals surface area contributed by atoms with E-state index in [4.69, 9.17) is 9.97 Å². The summed E-state index contributed by atoms with van der Waals surface area (Å²) in [7, 11) is 0. The van der Waals surface area contributed by atoms with E-state index in [1.165, 1.54) is 60.6 Å². The van der Waals surface area contributed by atoms with Crippen molar-refractivity contribution < 1.29 is 0 Å². The molecule has 3 nitrogen and oxygen atoms in total. The van der Waals surface area contributed by atoms with Crippen LogP contribution in [0.25, 0.3) is 94.4 Å². The number of fused-ring (bicyclic) bond motifs is 7. The van der Waals surface area contributed by atoms with E-state index in [0.29, 0.717) is 0 Å². The molecule has 0 bridgehead atoms. The first-order valence-corrected chi connectivity index (χ1v) is 19.3. The Labute approximate surface area is 326 Å². The maximum Gasteiger partial charge on any atom is 0.160 e. The van der Waals surface area contributed by atoms with E-state index >= 15 is 0 Å². The van der Waals surface area contributed by atoms with Crippen LogP contribution < -0.4 is 0 Å². The summed E-state index contributed by atoms with van der Waals surface area (Å²) < 4.78 is 2.37. The Morgan fingerprint density at radius 2 is 0.982 bits per heavy atom. The lowest BCUT2D eigenvalue weighted by Crippen LogP contribution is -2.14. The zero-order chi connectivity index (χ0) is 37.4. The van der Waals surface area contributed by atoms with E-state index in [1.807, 2.05) is 6.07 Å². The fraction of sp³-hybridized carbons (Fsp3) is 0.0566. The molecule has 11 rings (SSSR count). The van der Waals surface area contributed by atoms with Crippen LogP contribution in [0.3, 0.4) is 0 Å². The molecule has 0 amide bonds. The van der Waals surface area contributed by atoms with Gasteiger partial charge in [-0.05, 0) is 80.6 Å². The Kier molecular flexibility index (Phi) is 7.20. The van der Waals surface area contributed by atoms with E-state index < -0.39 is 0 Å². The second-order valence-corrected chi connectivity index (χ2v) is 15.4. The highest BCUT2D eigenvalue weighted by atomic mass is 15.0. The number of rotatable bonds is 5. The van der Waals surface area contributed by atoms with Crippen LogP contribution in [0.15, 0.2) is 188 Å². The van der Waals surface area contributed by atoms with Crippen LogP contribution in [0, 0.1) is 0 Å². The highest BCUT2D eigenvalue weighted by Crippen LogP contribution is 2.52. The minimum atomic E-state index is -0.106. The van der Waals surface area contributed by atoms with E-state index in [9.17, 15) is 0 Å². The fourth-order valence-corrected chi connectivity index (χ4v) is 9.18. The highest BCUT2D eigenvalue weighted by Gasteiger charge is 2.36. The average molecular weight is 716 g/mol. The molecule has 3 heteroatoms. The van der Waals surface area contributed by atoms with Gasteiger partial charge in [0.25, 0.3) is 0 Å². The zero-order valence-corrected chi connectivity index (χ0v) is 31.2. The smallest absolute Gasteiger partial charge is 0.160 e. The van der Waals surface area contributed by atoms with Crippen molar-refractivity contribution >= 4 is 32.6 Å². The molecule has 1 aliphatic carbocycles. The third-order valence-corrected chi connectivity index (χ3v) is 11.8. The Hall–Kier alpha value is -7.10. The number of aromatic nitrogens is 3. The van der Waals surface area contributed by atoms with E-state index in [2.05, 4.69) is 200 Å². The molecule has 0 unspecified atom stereocenters. The monoisotopic (exact) mass is 715 g/mol. The molecule has 1 aliphatic rings. The van der Waals surface area contributed by atoms with Gasteiger partial charge in [-0.3, -0.25) is 0 Å². The lowest BCUT2D eigenvalue weighted by molar-refractivity contribution is 0.660. The molecule has 0 spiro atoms. The summed E-state index contributed by atoms with van der Waals surface area (Å²) in [6.45, 7) is 4.66. The first-order valence-electron chi connectivity index (χ1n) is 19.3. The molecule has 0 atom stereocenters. The van der Waals surface area contributed by atoms with Gasteiger partial charge in [0.1, 0.15) is 0 Å². The predicted octanol–water partition coefficient (Wildman–Crippen LogP) is 13.7. The summed E-state index contributed by atoms with van der Waals surface area (Å²) in [5, 5.41) is 4.83. The molecule has 0 N–H and O–H groups in total. The normalized spacial score (nSPS) is 13.0. The summed E-state index contributed by atoms with van der Waals surface area (Å²) in [6, 6.07) is 67.6. The highest BCUT2D eigenvalue weighted by molar-refractivity contribution is 6.12. The van der Waals surface area contributed by atoms with E-state index in [-0.39, 0.29) is 5.41 Å². The lowest BCUT2D eigenvalue weighted by atomic mass is 9.82. The van der Waals surface area contributed by atoms with Gasteiger partial charge in [-0.1, -0.05) is 166 Å². The number of hydrogen-bond acceptors (Lipinski definition) is 2. The van der Waals surface area contributed by atoms with Gasteiger partial charge in [-0.15, -0.1) is 0 Å². The van der Waals surface area contributed by atoms with Crippen molar-refractivity contribution in [2.45, 2.75) is 19.3 Å². The fourth-order valence-electron chi connectivity index (χ4n) is 9.18. The van der Waals surface area contributed by atoms with Crippen molar-refractivity contribution in [1.82, 2.24) is 14.5 Å². The third-order valence-electron chi connectivity index (χ3n) is 11.8. The number of para-hydroxylation sites is 2. The van der Waals surface area contributed by atoms with Crippen LogP contribution >= 0.6 is 0 Å². The molecular formula is C53H37N3. The van der Waals surface area contributed by atoms with Crippen molar-refractivity contribution in [3.8, 4) is 61.8 Å². The molecule has 0 fully saturated rings. The molecular weight excluding hydrogens is 679 g/mol. The second-order valence-electron chi connectivity index (χ2n) is 15.4. The summed E-state index contributed by atoms with van der Waals surface area (Å²) in [5.74, 6) is 0.717. The van der Waals surface area contributed by atoms with Gasteiger partial charge in [0.2, 0.25) is 0 Å². The summed E-state index contributed by atoms with van der Waals surface area (Å²) in [6.07, 6.45) is 0. The Morgan fingerprint density at radius 1 is 0.393 bits per heavy atom. The minimum absolute atomic E-state index is 0.106. The number of benzene rings is 8. The van der Waals surface area contributed by atoms with Gasteiger partial charge in [0.05, 0.1) is 22.4 Å². The molecule has 264 valence electrons. The molecule has 0 radical (unpaired) electrons. The topological polar surface area (TPSA) is 30.7 Å². The molecule has 0 saturated carbocycles. The predicted molar refractivity (Wildman–Crippen MR) is 233 cm³/mol. The number of nitrogens with zero attached hydrogens (tertiary/aromatic N) is 3. The van der Waals surface area contributed by atoms with Gasteiger partial charge in [0, 0.05) is 38.6 Å². The van der Waals surface area contributed by atoms with E-state index in [0.717, 1.165) is 45.0 Å². The van der Waals surface area contributed by atoms with Crippen LogP contribution in [0.2, 0.25) is 0 Å². The molecule has 56 heavy (non-hydrogen) atoms. The van der Waals surface area contributed by atoms with Gasteiger partial charge in [-0.2, -0.15) is 0 Å². The van der Waals surface area contributed by atoms with Gasteiger partial charge >= 0.3 is 0 Å². The third kappa shape index (κ3) is 4.91. The maximum absolute atomic E-state index is 5.31. The van der Waals surface area contributed by atoms with Crippen LogP contribution in [0.1, 0.15) is 25.0 Å². The second kappa shape index (κ2) is 12.5. The minimum Gasteiger partial charge on any atom is -0.309 e. The Morgan fingerprint density at radius 3 is 1.79 bits per heavy atom. The SMILES string of the molecule is CC1(C)c2ccccc2-c2c(-c3cc(-c4ccc(-c5ccc6c(c5)c5ccccc5n6-c5ccccc5)c5ccccc45)nc(-c4ccccc4)n3)cccc21. The Bertz CT molecular complexity index is 3150. The van der Waals surface area contributed by atoms with Crippen molar-refractivity contribution in [3.63, 3.8) is 0 Å². The first kappa shape index (κ1) is 32.3. The van der Waals surface area contributed by atoms with E-state index in [1.54, 1.807) is 0 Å². The Balaban J connectivity index is 1.11. The van der Waals surface area contributed by atoms with Crippen LogP contribution in [-0.4, -0.2) is 14.5 Å². The maximum atomic E-state index is 5.31. The quantitative estimate of drug-likeness (QED) is 0.178. The molecule has 0 aliphatic heterocycles. The first-order chi connectivity index (χ1) is 27.5. The molecule has 2 aromatic heterocycles. The molecule has 10 aromatic rings. The standard InChI is InChI=1S/C53H37N3/c1-53(2)45-25-13-11-23-42(45)51-43(24-15-26-46(51)53)48-33-47(54-52(55-48)34-16-5-3-6-17-34)40-30-29-37(38-20-9-10-21-39(38)40)35-28-31-50-44(32-35)41-22-12-14-27-49(41)56(50)36-18-7-4-8-19-36/h3-33H,1-2H3. The number of hydrogen-bond donors (Lipinski definition) is 0. The van der Waals surface area contributed by atoms with Crippen molar-refractivity contribution in [3.05, 3.63) is 199 Å². The summed E-state index contributed by atoms with van der Waals surface area (Å²) in [4.78, 5) is 10.6. The van der Waals surface area contributed by atoms with Crippen molar-refractivity contribution in [1.29, 1.82) is 0 Å². The molecule has 0 saturated heterocycles. The van der Waals surface area contributed by atoms with Crippen LogP contribution in [0.5, 0.6) is 0 Å².